The van der Waals surface area contributed by atoms with Gasteiger partial charge in [0.25, 0.3) is 0 Å². The first-order valence-electron chi connectivity index (χ1n) is 4.84. The first kappa shape index (κ1) is 10.2. The Bertz CT molecular complexity index is 242. The third-order valence-corrected chi connectivity index (χ3v) is 1.98. The van der Waals surface area contributed by atoms with Crippen molar-refractivity contribution in [1.82, 2.24) is 20.1 Å². The van der Waals surface area contributed by atoms with Crippen LogP contribution >= 0.6 is 0 Å². The van der Waals surface area contributed by atoms with E-state index >= 15 is 0 Å². The molecule has 0 amide bonds. The van der Waals surface area contributed by atoms with E-state index in [0.29, 0.717) is 6.04 Å². The number of rotatable bonds is 5. The summed E-state index contributed by atoms with van der Waals surface area (Å²) in [5.74, 6) is 1.07. The van der Waals surface area contributed by atoms with Gasteiger partial charge in [0, 0.05) is 19.0 Å². The minimum absolute atomic E-state index is 0.451. The summed E-state index contributed by atoms with van der Waals surface area (Å²) < 4.78 is 2.11. The van der Waals surface area contributed by atoms with Crippen molar-refractivity contribution >= 4 is 0 Å². The Kier molecular flexibility index (Phi) is 3.89. The zero-order chi connectivity index (χ0) is 9.68. The quantitative estimate of drug-likeness (QED) is 0.691. The van der Waals surface area contributed by atoms with E-state index < -0.39 is 0 Å². The molecule has 1 aromatic rings. The maximum absolute atomic E-state index is 4.08. The summed E-state index contributed by atoms with van der Waals surface area (Å²) in [6.45, 7) is 8.37. The third kappa shape index (κ3) is 2.81. The Labute approximate surface area is 79.4 Å². The average molecular weight is 182 g/mol. The number of nitrogens with one attached hydrogen (secondary N) is 1. The molecule has 0 bridgehead atoms. The van der Waals surface area contributed by atoms with Crippen molar-refractivity contribution in [3.8, 4) is 0 Å². The summed E-state index contributed by atoms with van der Waals surface area (Å²) >= 11 is 0. The minimum atomic E-state index is 0.451. The number of hydrogen-bond donors (Lipinski definition) is 1. The summed E-state index contributed by atoms with van der Waals surface area (Å²) in [6.07, 6.45) is 2.75. The molecule has 0 radical (unpaired) electrons. The van der Waals surface area contributed by atoms with E-state index in [1.165, 1.54) is 0 Å². The van der Waals surface area contributed by atoms with Gasteiger partial charge >= 0.3 is 0 Å². The standard InChI is InChI=1S/C9H18N4/c1-4-10-6-5-9-12-11-7-13(9)8(2)3/h7-8,10H,4-6H2,1-3H3. The lowest BCUT2D eigenvalue weighted by atomic mass is 10.3. The van der Waals surface area contributed by atoms with Gasteiger partial charge in [-0.2, -0.15) is 0 Å². The lowest BCUT2D eigenvalue weighted by Crippen LogP contribution is -2.18. The highest BCUT2D eigenvalue weighted by atomic mass is 15.3. The van der Waals surface area contributed by atoms with Crippen LogP contribution in [0.5, 0.6) is 0 Å². The van der Waals surface area contributed by atoms with Crippen LogP contribution in [-0.2, 0) is 6.42 Å². The molecule has 0 aliphatic heterocycles. The Morgan fingerprint density at radius 3 is 2.92 bits per heavy atom. The van der Waals surface area contributed by atoms with Crippen LogP contribution in [0.25, 0.3) is 0 Å². The molecule has 74 valence electrons. The molecule has 0 aliphatic carbocycles. The van der Waals surface area contributed by atoms with Gasteiger partial charge in [0.05, 0.1) is 0 Å². The van der Waals surface area contributed by atoms with Gasteiger partial charge in [0.1, 0.15) is 12.2 Å². The van der Waals surface area contributed by atoms with Gasteiger partial charge in [-0.3, -0.25) is 0 Å². The van der Waals surface area contributed by atoms with Crippen LogP contribution in [0, 0.1) is 0 Å². The van der Waals surface area contributed by atoms with E-state index in [2.05, 4.69) is 40.9 Å². The molecule has 1 rings (SSSR count). The largest absolute Gasteiger partial charge is 0.317 e. The van der Waals surface area contributed by atoms with Crippen molar-refractivity contribution in [2.45, 2.75) is 33.2 Å². The van der Waals surface area contributed by atoms with Gasteiger partial charge in [-0.05, 0) is 20.4 Å². The van der Waals surface area contributed by atoms with Crippen molar-refractivity contribution in [1.29, 1.82) is 0 Å². The SMILES string of the molecule is CCNCCc1nncn1C(C)C. The smallest absolute Gasteiger partial charge is 0.134 e. The predicted octanol–water partition coefficient (Wildman–Crippen LogP) is 1.01. The van der Waals surface area contributed by atoms with Crippen LogP contribution in [0.2, 0.25) is 0 Å². The zero-order valence-electron chi connectivity index (χ0n) is 8.62. The minimum Gasteiger partial charge on any atom is -0.317 e. The van der Waals surface area contributed by atoms with Gasteiger partial charge in [0.2, 0.25) is 0 Å². The summed E-state index contributed by atoms with van der Waals surface area (Å²) in [5, 5.41) is 11.3. The summed E-state index contributed by atoms with van der Waals surface area (Å²) in [5.41, 5.74) is 0. The fourth-order valence-corrected chi connectivity index (χ4v) is 1.25. The van der Waals surface area contributed by atoms with Crippen molar-refractivity contribution in [2.24, 2.45) is 0 Å². The lowest BCUT2D eigenvalue weighted by Gasteiger charge is -2.09. The molecule has 0 aromatic carbocycles. The highest BCUT2D eigenvalue weighted by Crippen LogP contribution is 2.06. The van der Waals surface area contributed by atoms with E-state index in [0.717, 1.165) is 25.3 Å². The molecule has 0 fully saturated rings. The van der Waals surface area contributed by atoms with Crippen LogP contribution in [0.1, 0.15) is 32.6 Å². The van der Waals surface area contributed by atoms with Gasteiger partial charge in [-0.1, -0.05) is 6.92 Å². The number of nitrogens with zero attached hydrogens (tertiary/aromatic N) is 3. The van der Waals surface area contributed by atoms with Gasteiger partial charge in [0.15, 0.2) is 0 Å². The zero-order valence-corrected chi connectivity index (χ0v) is 8.62. The van der Waals surface area contributed by atoms with E-state index in [1.807, 2.05) is 0 Å². The second-order valence-corrected chi connectivity index (χ2v) is 3.35. The highest BCUT2D eigenvalue weighted by molar-refractivity contribution is 4.88. The second kappa shape index (κ2) is 4.97. The predicted molar refractivity (Wildman–Crippen MR) is 52.7 cm³/mol. The molecule has 0 saturated carbocycles. The van der Waals surface area contributed by atoms with Crippen LogP contribution < -0.4 is 5.32 Å². The van der Waals surface area contributed by atoms with E-state index in [4.69, 9.17) is 0 Å². The second-order valence-electron chi connectivity index (χ2n) is 3.35. The third-order valence-electron chi connectivity index (χ3n) is 1.98. The number of likely N-dealkylation sites (N-methyl/N-ethyl adjacent to an activating group) is 1. The molecular formula is C9H18N4. The molecule has 1 heterocycles. The topological polar surface area (TPSA) is 42.7 Å². The molecule has 1 aromatic heterocycles. The Balaban J connectivity index is 2.50. The van der Waals surface area contributed by atoms with Gasteiger partial charge in [-0.25, -0.2) is 0 Å². The van der Waals surface area contributed by atoms with Crippen molar-refractivity contribution in [3.05, 3.63) is 12.2 Å². The Morgan fingerprint density at radius 2 is 2.31 bits per heavy atom. The lowest BCUT2D eigenvalue weighted by molar-refractivity contribution is 0.557. The van der Waals surface area contributed by atoms with E-state index in [9.17, 15) is 0 Å². The average Bonchev–Trinajstić information content (AvgIpc) is 2.53. The molecule has 0 saturated heterocycles. The summed E-state index contributed by atoms with van der Waals surface area (Å²) in [7, 11) is 0. The molecule has 0 spiro atoms. The molecule has 0 unspecified atom stereocenters. The van der Waals surface area contributed by atoms with E-state index in [-0.39, 0.29) is 0 Å². The fourth-order valence-electron chi connectivity index (χ4n) is 1.25. The molecular weight excluding hydrogens is 164 g/mol. The normalized spacial score (nSPS) is 11.1. The van der Waals surface area contributed by atoms with E-state index in [1.54, 1.807) is 6.33 Å². The first-order chi connectivity index (χ1) is 6.25. The van der Waals surface area contributed by atoms with Gasteiger partial charge in [-0.15, -0.1) is 10.2 Å². The molecule has 4 heteroatoms. The van der Waals surface area contributed by atoms with Crippen molar-refractivity contribution in [3.63, 3.8) is 0 Å². The Morgan fingerprint density at radius 1 is 1.54 bits per heavy atom. The van der Waals surface area contributed by atoms with Crippen LogP contribution in [0.3, 0.4) is 0 Å². The number of hydrogen-bond acceptors (Lipinski definition) is 3. The van der Waals surface area contributed by atoms with Crippen LogP contribution in [-0.4, -0.2) is 27.9 Å². The monoisotopic (exact) mass is 182 g/mol. The van der Waals surface area contributed by atoms with Crippen LogP contribution in [0.15, 0.2) is 6.33 Å². The maximum atomic E-state index is 4.08. The molecule has 0 aliphatic rings. The number of aromatic nitrogens is 3. The molecule has 13 heavy (non-hydrogen) atoms. The molecule has 0 atom stereocenters. The molecule has 4 nitrogen and oxygen atoms in total. The Hall–Kier alpha value is -0.900. The van der Waals surface area contributed by atoms with Crippen LogP contribution in [0.4, 0.5) is 0 Å². The fraction of sp³-hybridized carbons (Fsp3) is 0.778. The van der Waals surface area contributed by atoms with Crippen molar-refractivity contribution in [2.75, 3.05) is 13.1 Å². The summed E-state index contributed by atoms with van der Waals surface area (Å²) in [6, 6.07) is 0.451. The van der Waals surface area contributed by atoms with Gasteiger partial charge < -0.3 is 9.88 Å². The maximum Gasteiger partial charge on any atom is 0.134 e. The first-order valence-corrected chi connectivity index (χ1v) is 4.84. The molecule has 1 N–H and O–H groups in total. The van der Waals surface area contributed by atoms with Crippen molar-refractivity contribution < 1.29 is 0 Å². The summed E-state index contributed by atoms with van der Waals surface area (Å²) in [4.78, 5) is 0. The highest BCUT2D eigenvalue weighted by Gasteiger charge is 2.05.